The van der Waals surface area contributed by atoms with E-state index in [0.29, 0.717) is 23.4 Å². The minimum atomic E-state index is -0.538. The lowest BCUT2D eigenvalue weighted by molar-refractivity contribution is -0.388. The summed E-state index contributed by atoms with van der Waals surface area (Å²) < 4.78 is 13.5. The van der Waals surface area contributed by atoms with Gasteiger partial charge in [0.2, 0.25) is 0 Å². The molecule has 0 bridgehead atoms. The average Bonchev–Trinajstić information content (AvgIpc) is 2.42. The number of halogens is 1. The van der Waals surface area contributed by atoms with Crippen LogP contribution in [0.15, 0.2) is 30.5 Å². The Morgan fingerprint density at radius 1 is 1.35 bits per heavy atom. The van der Waals surface area contributed by atoms with E-state index in [-0.39, 0.29) is 11.6 Å². The lowest BCUT2D eigenvalue weighted by Gasteiger charge is -2.09. The number of anilines is 1. The van der Waals surface area contributed by atoms with E-state index in [1.807, 2.05) is 0 Å². The van der Waals surface area contributed by atoms with Crippen molar-refractivity contribution in [2.24, 2.45) is 0 Å². The van der Waals surface area contributed by atoms with Crippen LogP contribution in [0.25, 0.3) is 0 Å². The van der Waals surface area contributed by atoms with E-state index in [1.165, 1.54) is 6.20 Å². The Kier molecular flexibility index (Phi) is 3.93. The Hall–Kier alpha value is -2.50. The number of hydrogen-bond donors (Lipinski definition) is 1. The number of benzene rings is 1. The van der Waals surface area contributed by atoms with Crippen molar-refractivity contribution in [1.82, 2.24) is 4.98 Å². The fourth-order valence-corrected chi connectivity index (χ4v) is 2.02. The summed E-state index contributed by atoms with van der Waals surface area (Å²) in [6.45, 7) is 3.76. The molecule has 0 spiro atoms. The summed E-state index contributed by atoms with van der Waals surface area (Å²) in [5.41, 5.74) is 2.32. The Labute approximate surface area is 115 Å². The second-order valence-electron chi connectivity index (χ2n) is 4.53. The van der Waals surface area contributed by atoms with E-state index in [2.05, 4.69) is 10.3 Å². The number of hydrogen-bond acceptors (Lipinski definition) is 4. The first kappa shape index (κ1) is 13.9. The summed E-state index contributed by atoms with van der Waals surface area (Å²) in [6, 6.07) is 6.65. The van der Waals surface area contributed by atoms with E-state index in [9.17, 15) is 14.5 Å². The molecule has 1 aromatic carbocycles. The molecule has 5 nitrogen and oxygen atoms in total. The molecule has 0 saturated heterocycles. The lowest BCUT2D eigenvalue weighted by Crippen LogP contribution is -2.05. The van der Waals surface area contributed by atoms with Gasteiger partial charge in [0.05, 0.1) is 0 Å². The molecule has 0 aliphatic rings. The summed E-state index contributed by atoms with van der Waals surface area (Å²) in [5, 5.41) is 13.8. The Balaban J connectivity index is 2.19. The van der Waals surface area contributed by atoms with Crippen LogP contribution in [0.5, 0.6) is 0 Å². The van der Waals surface area contributed by atoms with Gasteiger partial charge in [-0.3, -0.25) is 0 Å². The van der Waals surface area contributed by atoms with E-state index in [1.54, 1.807) is 38.1 Å². The van der Waals surface area contributed by atoms with E-state index in [4.69, 9.17) is 0 Å². The van der Waals surface area contributed by atoms with Crippen molar-refractivity contribution in [2.75, 3.05) is 5.32 Å². The first-order chi connectivity index (χ1) is 9.49. The van der Waals surface area contributed by atoms with Gasteiger partial charge in [-0.05, 0) is 52.6 Å². The lowest BCUT2D eigenvalue weighted by atomic mass is 10.1. The topological polar surface area (TPSA) is 68.1 Å². The van der Waals surface area contributed by atoms with Gasteiger partial charge in [0.25, 0.3) is 0 Å². The Morgan fingerprint density at radius 2 is 2.00 bits per heavy atom. The monoisotopic (exact) mass is 275 g/mol. The molecule has 104 valence electrons. The Morgan fingerprint density at radius 3 is 2.60 bits per heavy atom. The molecule has 1 heterocycles. The van der Waals surface area contributed by atoms with Crippen LogP contribution in [0.2, 0.25) is 0 Å². The van der Waals surface area contributed by atoms with Crippen LogP contribution in [0, 0.1) is 29.8 Å². The highest BCUT2D eigenvalue weighted by atomic mass is 19.1. The molecule has 0 radical (unpaired) electrons. The van der Waals surface area contributed by atoms with Crippen LogP contribution in [0.4, 0.5) is 15.9 Å². The second-order valence-corrected chi connectivity index (χ2v) is 4.53. The maximum Gasteiger partial charge on any atom is 0.386 e. The molecule has 0 fully saturated rings. The number of rotatable bonds is 4. The molecule has 0 aliphatic heterocycles. The fraction of sp³-hybridized carbons (Fsp3) is 0.214. The van der Waals surface area contributed by atoms with Gasteiger partial charge in [0.1, 0.15) is 17.7 Å². The number of nitrogens with zero attached hydrogens (tertiary/aromatic N) is 2. The number of aromatic nitrogens is 1. The number of nitrogens with one attached hydrogen (secondary N) is 1. The maximum atomic E-state index is 13.5. The smallest absolute Gasteiger partial charge is 0.374 e. The third-order valence-corrected chi connectivity index (χ3v) is 2.94. The highest BCUT2D eigenvalue weighted by Crippen LogP contribution is 2.22. The molecule has 1 N–H and O–H groups in total. The normalized spacial score (nSPS) is 10.3. The molecular formula is C14H14FN3O2. The minimum absolute atomic E-state index is 0.219. The molecule has 1 aromatic heterocycles. The van der Waals surface area contributed by atoms with E-state index in [0.717, 1.165) is 5.56 Å². The molecule has 0 saturated carbocycles. The van der Waals surface area contributed by atoms with Crippen LogP contribution in [0.1, 0.15) is 16.7 Å². The van der Waals surface area contributed by atoms with Crippen molar-refractivity contribution in [1.29, 1.82) is 0 Å². The van der Waals surface area contributed by atoms with Gasteiger partial charge in [-0.1, -0.05) is 12.1 Å². The van der Waals surface area contributed by atoms with Crippen molar-refractivity contribution < 1.29 is 9.31 Å². The molecule has 20 heavy (non-hydrogen) atoms. The van der Waals surface area contributed by atoms with Gasteiger partial charge in [-0.25, -0.2) is 4.39 Å². The molecule has 2 aromatic rings. The summed E-state index contributed by atoms with van der Waals surface area (Å²) in [5.74, 6) is -0.441. The zero-order chi connectivity index (χ0) is 14.7. The second kappa shape index (κ2) is 5.64. The zero-order valence-corrected chi connectivity index (χ0v) is 11.2. The third kappa shape index (κ3) is 2.90. The number of aryl methyl sites for hydroxylation is 2. The fourth-order valence-electron chi connectivity index (χ4n) is 2.02. The molecule has 0 atom stereocenters. The summed E-state index contributed by atoms with van der Waals surface area (Å²) in [6.07, 6.45) is 1.37. The Bertz CT molecular complexity index is 636. The van der Waals surface area contributed by atoms with Crippen LogP contribution < -0.4 is 5.32 Å². The van der Waals surface area contributed by atoms with Crippen LogP contribution >= 0.6 is 0 Å². The molecule has 6 heteroatoms. The molecule has 2 rings (SSSR count). The van der Waals surface area contributed by atoms with Crippen LogP contribution in [-0.4, -0.2) is 9.91 Å². The predicted octanol–water partition coefficient (Wildman–Crippen LogP) is 3.36. The highest BCUT2D eigenvalue weighted by Gasteiger charge is 2.13. The minimum Gasteiger partial charge on any atom is -0.374 e. The zero-order valence-electron chi connectivity index (χ0n) is 11.2. The van der Waals surface area contributed by atoms with Gasteiger partial charge < -0.3 is 15.4 Å². The predicted molar refractivity (Wildman–Crippen MR) is 74.1 cm³/mol. The first-order valence-corrected chi connectivity index (χ1v) is 6.08. The highest BCUT2D eigenvalue weighted by molar-refractivity contribution is 5.56. The molecule has 0 unspecified atom stereocenters. The van der Waals surface area contributed by atoms with Crippen molar-refractivity contribution in [2.45, 2.75) is 20.4 Å². The van der Waals surface area contributed by atoms with Crippen molar-refractivity contribution in [3.63, 3.8) is 0 Å². The van der Waals surface area contributed by atoms with Crippen LogP contribution in [0.3, 0.4) is 0 Å². The molecule has 0 aliphatic carbocycles. The van der Waals surface area contributed by atoms with Crippen molar-refractivity contribution in [3.05, 3.63) is 63.1 Å². The summed E-state index contributed by atoms with van der Waals surface area (Å²) in [4.78, 5) is 14.0. The van der Waals surface area contributed by atoms with E-state index < -0.39 is 4.92 Å². The quantitative estimate of drug-likeness (QED) is 0.686. The standard InChI is InChI=1S/C14H14FN3O2/c1-9-6-11(7-10(2)13(9)15)8-17-12-4-3-5-16-14(12)18(19)20/h3-7,17H,8H2,1-2H3. The largest absolute Gasteiger partial charge is 0.386 e. The summed E-state index contributed by atoms with van der Waals surface area (Å²) >= 11 is 0. The first-order valence-electron chi connectivity index (χ1n) is 6.08. The number of nitro groups is 1. The molecule has 0 amide bonds. The van der Waals surface area contributed by atoms with Gasteiger partial charge in [-0.2, -0.15) is 0 Å². The van der Waals surface area contributed by atoms with Gasteiger partial charge in [0, 0.05) is 6.54 Å². The average molecular weight is 275 g/mol. The van der Waals surface area contributed by atoms with Gasteiger partial charge in [-0.15, -0.1) is 0 Å². The number of pyridine rings is 1. The summed E-state index contributed by atoms with van der Waals surface area (Å²) in [7, 11) is 0. The van der Waals surface area contributed by atoms with Gasteiger partial charge in [0.15, 0.2) is 0 Å². The molecular weight excluding hydrogens is 261 g/mol. The van der Waals surface area contributed by atoms with Gasteiger partial charge >= 0.3 is 5.82 Å². The van der Waals surface area contributed by atoms with E-state index >= 15 is 0 Å². The SMILES string of the molecule is Cc1cc(CNc2cccnc2[N+](=O)[O-])cc(C)c1F. The van der Waals surface area contributed by atoms with Crippen molar-refractivity contribution in [3.8, 4) is 0 Å². The third-order valence-electron chi connectivity index (χ3n) is 2.94. The maximum absolute atomic E-state index is 13.5. The van der Waals surface area contributed by atoms with Crippen molar-refractivity contribution >= 4 is 11.5 Å². The van der Waals surface area contributed by atoms with Crippen LogP contribution in [-0.2, 0) is 6.54 Å².